The number of carbonyl (C=O) groups excluding carboxylic acids is 1. The van der Waals surface area contributed by atoms with Gasteiger partial charge in [-0.2, -0.15) is 11.8 Å². The van der Waals surface area contributed by atoms with Gasteiger partial charge in [-0.05, 0) is 37.2 Å². The number of nitrogens with zero attached hydrogens (tertiary/aromatic N) is 1. The van der Waals surface area contributed by atoms with Gasteiger partial charge in [-0.3, -0.25) is 4.79 Å². The zero-order valence-electron chi connectivity index (χ0n) is 9.57. The van der Waals surface area contributed by atoms with Gasteiger partial charge in [-0.15, -0.1) is 11.3 Å². The molecule has 1 aromatic heterocycles. The van der Waals surface area contributed by atoms with E-state index in [0.29, 0.717) is 6.42 Å². The number of Topliss-reactive ketones (excluding diaryl/α,β-unsaturated/α-hetero) is 1. The first-order chi connectivity index (χ1) is 7.74. The van der Waals surface area contributed by atoms with Gasteiger partial charge >= 0.3 is 0 Å². The van der Waals surface area contributed by atoms with Gasteiger partial charge in [-0.1, -0.05) is 0 Å². The van der Waals surface area contributed by atoms with Crippen molar-refractivity contribution in [1.82, 2.24) is 4.98 Å². The summed E-state index contributed by atoms with van der Waals surface area (Å²) in [5.74, 6) is 3.65. The monoisotopic (exact) mass is 255 g/mol. The Balaban J connectivity index is 1.88. The summed E-state index contributed by atoms with van der Waals surface area (Å²) < 4.78 is 0. The number of thioether (sulfide) groups is 1. The van der Waals surface area contributed by atoms with E-state index in [0.717, 1.165) is 17.2 Å². The molecule has 0 N–H and O–H groups in total. The van der Waals surface area contributed by atoms with Gasteiger partial charge < -0.3 is 0 Å². The van der Waals surface area contributed by atoms with Crippen molar-refractivity contribution in [1.29, 1.82) is 0 Å². The summed E-state index contributed by atoms with van der Waals surface area (Å²) in [5.41, 5.74) is 0. The molecule has 1 aliphatic rings. The van der Waals surface area contributed by atoms with Gasteiger partial charge in [0.1, 0.15) is 5.78 Å². The fourth-order valence-electron chi connectivity index (χ4n) is 1.97. The van der Waals surface area contributed by atoms with Crippen LogP contribution in [-0.2, 0) is 17.6 Å². The average Bonchev–Trinajstić information content (AvgIpc) is 2.66. The summed E-state index contributed by atoms with van der Waals surface area (Å²) in [6.07, 6.45) is 6.19. The molecule has 0 radical (unpaired) electrons. The van der Waals surface area contributed by atoms with Crippen LogP contribution in [0.4, 0.5) is 0 Å². The van der Waals surface area contributed by atoms with Crippen molar-refractivity contribution in [3.8, 4) is 0 Å². The van der Waals surface area contributed by atoms with E-state index >= 15 is 0 Å². The number of hydrogen-bond acceptors (Lipinski definition) is 4. The van der Waals surface area contributed by atoms with E-state index in [4.69, 9.17) is 0 Å². The Kier molecular flexibility index (Phi) is 4.41. The lowest BCUT2D eigenvalue weighted by atomic mass is 9.99. The molecule has 2 heterocycles. The standard InChI is InChI=1S/C12H17NOS2/c1-9(14)6-11-8-13-12(16-11)7-10-2-4-15-5-3-10/h8,10H,2-7H2,1H3. The van der Waals surface area contributed by atoms with Gasteiger partial charge in [-0.25, -0.2) is 4.98 Å². The predicted molar refractivity (Wildman–Crippen MR) is 70.3 cm³/mol. The van der Waals surface area contributed by atoms with Crippen molar-refractivity contribution in [2.45, 2.75) is 32.6 Å². The zero-order valence-corrected chi connectivity index (χ0v) is 11.2. The van der Waals surface area contributed by atoms with Gasteiger partial charge in [0.2, 0.25) is 0 Å². The second-order valence-electron chi connectivity index (χ2n) is 4.36. The Hall–Kier alpha value is -0.350. The Morgan fingerprint density at radius 3 is 2.94 bits per heavy atom. The van der Waals surface area contributed by atoms with E-state index in [1.807, 2.05) is 6.20 Å². The molecule has 0 bridgehead atoms. The van der Waals surface area contributed by atoms with Crippen molar-refractivity contribution in [2.24, 2.45) is 5.92 Å². The molecule has 2 rings (SSSR count). The van der Waals surface area contributed by atoms with Crippen molar-refractivity contribution in [3.05, 3.63) is 16.1 Å². The van der Waals surface area contributed by atoms with Crippen molar-refractivity contribution >= 4 is 28.9 Å². The SMILES string of the molecule is CC(=O)Cc1cnc(CC2CCSCC2)s1. The lowest BCUT2D eigenvalue weighted by molar-refractivity contribution is -0.116. The topological polar surface area (TPSA) is 30.0 Å². The highest BCUT2D eigenvalue weighted by atomic mass is 32.2. The minimum absolute atomic E-state index is 0.226. The number of hydrogen-bond donors (Lipinski definition) is 0. The highest BCUT2D eigenvalue weighted by molar-refractivity contribution is 7.99. The molecule has 4 heteroatoms. The molecule has 0 aromatic carbocycles. The molecular formula is C12H17NOS2. The molecule has 1 aromatic rings. The third kappa shape index (κ3) is 3.59. The molecule has 0 spiro atoms. The zero-order chi connectivity index (χ0) is 11.4. The minimum Gasteiger partial charge on any atom is -0.300 e. The molecule has 1 saturated heterocycles. The van der Waals surface area contributed by atoms with Crippen LogP contribution in [0, 0.1) is 5.92 Å². The van der Waals surface area contributed by atoms with Crippen LogP contribution >= 0.6 is 23.1 Å². The van der Waals surface area contributed by atoms with Crippen LogP contribution in [0.2, 0.25) is 0 Å². The van der Waals surface area contributed by atoms with E-state index in [2.05, 4.69) is 16.7 Å². The van der Waals surface area contributed by atoms with E-state index in [1.54, 1.807) is 18.3 Å². The fraction of sp³-hybridized carbons (Fsp3) is 0.667. The van der Waals surface area contributed by atoms with Crippen LogP contribution in [0.5, 0.6) is 0 Å². The normalized spacial score (nSPS) is 17.6. The quantitative estimate of drug-likeness (QED) is 0.828. The lowest BCUT2D eigenvalue weighted by Crippen LogP contribution is -2.11. The highest BCUT2D eigenvalue weighted by Gasteiger charge is 2.16. The second kappa shape index (κ2) is 5.82. The molecule has 88 valence electrons. The number of aromatic nitrogens is 1. The molecule has 1 aliphatic heterocycles. The Labute approximate surface area is 105 Å². The molecule has 16 heavy (non-hydrogen) atoms. The highest BCUT2D eigenvalue weighted by Crippen LogP contribution is 2.27. The molecule has 0 unspecified atom stereocenters. The molecule has 1 fully saturated rings. The summed E-state index contributed by atoms with van der Waals surface area (Å²) in [5, 5.41) is 1.22. The van der Waals surface area contributed by atoms with E-state index in [1.165, 1.54) is 29.4 Å². The van der Waals surface area contributed by atoms with Crippen LogP contribution in [0.1, 0.15) is 29.7 Å². The number of rotatable bonds is 4. The molecule has 0 saturated carbocycles. The molecular weight excluding hydrogens is 238 g/mol. The molecule has 0 amide bonds. The number of carbonyl (C=O) groups is 1. The van der Waals surface area contributed by atoms with Gasteiger partial charge in [0.25, 0.3) is 0 Å². The molecule has 0 aliphatic carbocycles. The van der Waals surface area contributed by atoms with Gasteiger partial charge in [0, 0.05) is 23.9 Å². The van der Waals surface area contributed by atoms with Crippen LogP contribution in [-0.4, -0.2) is 22.3 Å². The van der Waals surface area contributed by atoms with Gasteiger partial charge in [0.15, 0.2) is 0 Å². The molecule has 2 nitrogen and oxygen atoms in total. The first-order valence-electron chi connectivity index (χ1n) is 5.75. The fourth-order valence-corrected chi connectivity index (χ4v) is 4.28. The van der Waals surface area contributed by atoms with Crippen molar-refractivity contribution in [2.75, 3.05) is 11.5 Å². The van der Waals surface area contributed by atoms with Crippen molar-refractivity contribution < 1.29 is 4.79 Å². The minimum atomic E-state index is 0.226. The lowest BCUT2D eigenvalue weighted by Gasteiger charge is -2.19. The first kappa shape index (κ1) is 12.1. The Morgan fingerprint density at radius 1 is 1.50 bits per heavy atom. The Morgan fingerprint density at radius 2 is 2.25 bits per heavy atom. The molecule has 0 atom stereocenters. The maximum atomic E-state index is 11.0. The van der Waals surface area contributed by atoms with E-state index in [-0.39, 0.29) is 5.78 Å². The smallest absolute Gasteiger partial charge is 0.135 e. The van der Waals surface area contributed by atoms with Crippen LogP contribution in [0.25, 0.3) is 0 Å². The average molecular weight is 255 g/mol. The first-order valence-corrected chi connectivity index (χ1v) is 7.72. The van der Waals surface area contributed by atoms with E-state index < -0.39 is 0 Å². The third-order valence-electron chi connectivity index (χ3n) is 2.83. The summed E-state index contributed by atoms with van der Waals surface area (Å²) >= 11 is 3.78. The van der Waals surface area contributed by atoms with Crippen LogP contribution < -0.4 is 0 Å². The largest absolute Gasteiger partial charge is 0.300 e. The third-order valence-corrected chi connectivity index (χ3v) is 4.90. The number of ketones is 1. The van der Waals surface area contributed by atoms with E-state index in [9.17, 15) is 4.79 Å². The second-order valence-corrected chi connectivity index (χ2v) is 6.78. The number of thiazole rings is 1. The maximum Gasteiger partial charge on any atom is 0.135 e. The summed E-state index contributed by atoms with van der Waals surface area (Å²) in [7, 11) is 0. The van der Waals surface area contributed by atoms with Crippen LogP contribution in [0.3, 0.4) is 0 Å². The predicted octanol–water partition coefficient (Wildman–Crippen LogP) is 2.96. The Bertz CT molecular complexity index is 356. The van der Waals surface area contributed by atoms with Crippen molar-refractivity contribution in [3.63, 3.8) is 0 Å². The van der Waals surface area contributed by atoms with Gasteiger partial charge in [0.05, 0.1) is 5.01 Å². The van der Waals surface area contributed by atoms with Crippen LogP contribution in [0.15, 0.2) is 6.20 Å². The summed E-state index contributed by atoms with van der Waals surface area (Å²) in [6, 6.07) is 0. The summed E-state index contributed by atoms with van der Waals surface area (Å²) in [4.78, 5) is 16.5. The summed E-state index contributed by atoms with van der Waals surface area (Å²) in [6.45, 7) is 1.64. The maximum absolute atomic E-state index is 11.0.